The average molecular weight is 268 g/mol. The van der Waals surface area contributed by atoms with Crippen molar-refractivity contribution < 1.29 is 9.72 Å². The molecule has 1 aromatic carbocycles. The summed E-state index contributed by atoms with van der Waals surface area (Å²) in [4.78, 5) is 21.2. The number of nitro groups is 1. The second-order valence-corrected chi connectivity index (χ2v) is 5.07. The highest BCUT2D eigenvalue weighted by Gasteiger charge is 2.26. The fourth-order valence-electron chi connectivity index (χ4n) is 2.52. The van der Waals surface area contributed by atoms with Gasteiger partial charge in [-0.05, 0) is 48.8 Å². The van der Waals surface area contributed by atoms with E-state index in [2.05, 4.69) is 0 Å². The fraction of sp³-hybridized carbons (Fsp3) is 0.462. The van der Waals surface area contributed by atoms with Crippen LogP contribution in [0.2, 0.25) is 0 Å². The topological polar surface area (TPSA) is 60.2 Å². The lowest BCUT2D eigenvalue weighted by Gasteiger charge is -2.26. The highest BCUT2D eigenvalue weighted by molar-refractivity contribution is 6.63. The fourth-order valence-corrected chi connectivity index (χ4v) is 2.74. The first-order chi connectivity index (χ1) is 8.58. The lowest BCUT2D eigenvalue weighted by molar-refractivity contribution is -0.384. The third kappa shape index (κ3) is 2.88. The number of benzene rings is 1. The van der Waals surface area contributed by atoms with E-state index in [1.165, 1.54) is 12.1 Å². The van der Waals surface area contributed by atoms with Crippen LogP contribution in [0.3, 0.4) is 0 Å². The van der Waals surface area contributed by atoms with Crippen LogP contribution in [0.25, 0.3) is 0 Å². The van der Waals surface area contributed by atoms with Crippen molar-refractivity contribution in [3.63, 3.8) is 0 Å². The first-order valence-corrected chi connectivity index (χ1v) is 6.39. The quantitative estimate of drug-likeness (QED) is 0.477. The van der Waals surface area contributed by atoms with E-state index >= 15 is 0 Å². The summed E-state index contributed by atoms with van der Waals surface area (Å²) in [5.74, 6) is 0.374. The van der Waals surface area contributed by atoms with Gasteiger partial charge in [0.1, 0.15) is 0 Å². The van der Waals surface area contributed by atoms with Gasteiger partial charge in [-0.3, -0.25) is 14.9 Å². The molecule has 0 radical (unpaired) electrons. The van der Waals surface area contributed by atoms with Crippen molar-refractivity contribution in [1.29, 1.82) is 0 Å². The molecule has 2 rings (SSSR count). The number of hydrogen-bond acceptors (Lipinski definition) is 3. The Balaban J connectivity index is 2.01. The van der Waals surface area contributed by atoms with Crippen LogP contribution in [0.1, 0.15) is 37.2 Å². The molecule has 5 heteroatoms. The van der Waals surface area contributed by atoms with Crippen molar-refractivity contribution in [2.24, 2.45) is 5.92 Å². The largest absolute Gasteiger partial charge is 0.281 e. The van der Waals surface area contributed by atoms with Gasteiger partial charge in [-0.15, -0.1) is 0 Å². The van der Waals surface area contributed by atoms with E-state index < -0.39 is 4.92 Å². The van der Waals surface area contributed by atoms with Crippen LogP contribution in [-0.2, 0) is 4.79 Å². The van der Waals surface area contributed by atoms with Gasteiger partial charge in [0, 0.05) is 18.1 Å². The summed E-state index contributed by atoms with van der Waals surface area (Å²) < 4.78 is 0. The van der Waals surface area contributed by atoms with Gasteiger partial charge in [0.15, 0.2) is 0 Å². The molecule has 0 unspecified atom stereocenters. The molecule has 1 aliphatic rings. The first-order valence-electron chi connectivity index (χ1n) is 6.01. The SMILES string of the molecule is O=C(Cl)C1CCC(c2ccc([N+](=O)[O-])cc2)CC1. The molecule has 18 heavy (non-hydrogen) atoms. The Labute approximate surface area is 110 Å². The maximum Gasteiger partial charge on any atom is 0.269 e. The van der Waals surface area contributed by atoms with Crippen molar-refractivity contribution in [3.8, 4) is 0 Å². The van der Waals surface area contributed by atoms with Crippen LogP contribution < -0.4 is 0 Å². The Hall–Kier alpha value is -1.42. The molecule has 0 heterocycles. The molecule has 96 valence electrons. The summed E-state index contributed by atoms with van der Waals surface area (Å²) in [6.45, 7) is 0. The molecule has 1 aliphatic carbocycles. The number of rotatable bonds is 3. The van der Waals surface area contributed by atoms with E-state index in [1.54, 1.807) is 0 Å². The Morgan fingerprint density at radius 2 is 1.72 bits per heavy atom. The Morgan fingerprint density at radius 1 is 1.17 bits per heavy atom. The molecule has 0 atom stereocenters. The average Bonchev–Trinajstić information content (AvgIpc) is 2.39. The van der Waals surface area contributed by atoms with Gasteiger partial charge in [0.2, 0.25) is 5.24 Å². The highest BCUT2D eigenvalue weighted by atomic mass is 35.5. The van der Waals surface area contributed by atoms with Gasteiger partial charge >= 0.3 is 0 Å². The number of carbonyl (C=O) groups excluding carboxylic acids is 1. The monoisotopic (exact) mass is 267 g/mol. The van der Waals surface area contributed by atoms with Crippen molar-refractivity contribution in [2.75, 3.05) is 0 Å². The molecule has 4 nitrogen and oxygen atoms in total. The molecule has 0 spiro atoms. The maximum atomic E-state index is 11.1. The normalized spacial score (nSPS) is 23.6. The minimum atomic E-state index is -0.396. The number of hydrogen-bond donors (Lipinski definition) is 0. The van der Waals surface area contributed by atoms with E-state index in [9.17, 15) is 14.9 Å². The molecular formula is C13H14ClNO3. The Bertz CT molecular complexity index is 450. The van der Waals surface area contributed by atoms with Crippen molar-refractivity contribution in [2.45, 2.75) is 31.6 Å². The third-order valence-electron chi connectivity index (χ3n) is 3.62. The molecule has 0 aromatic heterocycles. The zero-order chi connectivity index (χ0) is 13.1. The van der Waals surface area contributed by atoms with E-state index in [-0.39, 0.29) is 16.8 Å². The molecule has 1 fully saturated rings. The van der Waals surface area contributed by atoms with Crippen molar-refractivity contribution in [3.05, 3.63) is 39.9 Å². The first kappa shape index (κ1) is 13.0. The molecule has 1 saturated carbocycles. The molecule has 0 bridgehead atoms. The standard InChI is InChI=1S/C13H14ClNO3/c14-13(16)11-3-1-9(2-4-11)10-5-7-12(8-6-10)15(17)18/h5-9,11H,1-4H2. The second-order valence-electron chi connectivity index (χ2n) is 4.70. The van der Waals surface area contributed by atoms with E-state index in [0.717, 1.165) is 31.2 Å². The van der Waals surface area contributed by atoms with E-state index in [0.29, 0.717) is 5.92 Å². The van der Waals surface area contributed by atoms with Gasteiger partial charge in [0.25, 0.3) is 5.69 Å². The zero-order valence-corrected chi connectivity index (χ0v) is 10.6. The predicted molar refractivity (Wildman–Crippen MR) is 68.7 cm³/mol. The molecule has 0 amide bonds. The minimum absolute atomic E-state index is 0.0130. The van der Waals surface area contributed by atoms with Crippen molar-refractivity contribution in [1.82, 2.24) is 0 Å². The number of nitrogens with zero attached hydrogens (tertiary/aromatic N) is 1. The summed E-state index contributed by atoms with van der Waals surface area (Å²) in [7, 11) is 0. The maximum absolute atomic E-state index is 11.1. The van der Waals surface area contributed by atoms with Gasteiger partial charge in [0.05, 0.1) is 4.92 Å². The Morgan fingerprint density at radius 3 is 2.17 bits per heavy atom. The number of non-ortho nitro benzene ring substituents is 1. The van der Waals surface area contributed by atoms with Gasteiger partial charge < -0.3 is 0 Å². The smallest absolute Gasteiger partial charge is 0.269 e. The van der Waals surface area contributed by atoms with Crippen LogP contribution >= 0.6 is 11.6 Å². The zero-order valence-electron chi connectivity index (χ0n) is 9.84. The highest BCUT2D eigenvalue weighted by Crippen LogP contribution is 2.36. The molecule has 1 aromatic rings. The van der Waals surface area contributed by atoms with Crippen LogP contribution in [0, 0.1) is 16.0 Å². The summed E-state index contributed by atoms with van der Waals surface area (Å²) in [6.07, 6.45) is 3.45. The lowest BCUT2D eigenvalue weighted by Crippen LogP contribution is -2.17. The number of carbonyl (C=O) groups is 1. The van der Waals surface area contributed by atoms with Crippen LogP contribution in [0.5, 0.6) is 0 Å². The molecule has 0 saturated heterocycles. The molecule has 0 aliphatic heterocycles. The lowest BCUT2D eigenvalue weighted by atomic mass is 9.79. The summed E-state index contributed by atoms with van der Waals surface area (Å²) in [5, 5.41) is 10.3. The van der Waals surface area contributed by atoms with Gasteiger partial charge in [-0.2, -0.15) is 0 Å². The van der Waals surface area contributed by atoms with Crippen LogP contribution in [-0.4, -0.2) is 10.2 Å². The second kappa shape index (κ2) is 5.48. The van der Waals surface area contributed by atoms with E-state index in [1.807, 2.05) is 12.1 Å². The third-order valence-corrected chi connectivity index (χ3v) is 3.93. The van der Waals surface area contributed by atoms with Crippen LogP contribution in [0.4, 0.5) is 5.69 Å². The molecular weight excluding hydrogens is 254 g/mol. The predicted octanol–water partition coefficient (Wildman–Crippen LogP) is 3.63. The number of halogens is 1. The number of nitro benzene ring substituents is 1. The van der Waals surface area contributed by atoms with E-state index in [4.69, 9.17) is 11.6 Å². The van der Waals surface area contributed by atoms with Gasteiger partial charge in [-0.25, -0.2) is 0 Å². The van der Waals surface area contributed by atoms with Crippen molar-refractivity contribution >= 4 is 22.5 Å². The molecule has 0 N–H and O–H groups in total. The summed E-state index contributed by atoms with van der Waals surface area (Å²) in [5.41, 5.74) is 1.23. The summed E-state index contributed by atoms with van der Waals surface area (Å²) >= 11 is 5.49. The minimum Gasteiger partial charge on any atom is -0.281 e. The van der Waals surface area contributed by atoms with Gasteiger partial charge in [-0.1, -0.05) is 12.1 Å². The summed E-state index contributed by atoms with van der Waals surface area (Å²) in [6, 6.07) is 6.69. The Kier molecular flexibility index (Phi) is 3.97. The van der Waals surface area contributed by atoms with Crippen LogP contribution in [0.15, 0.2) is 24.3 Å².